The van der Waals surface area contributed by atoms with Gasteiger partial charge in [0.1, 0.15) is 5.82 Å². The number of carbonyl (C=O) groups excluding carboxylic acids is 1. The molecule has 0 aliphatic heterocycles. The first-order valence-electron chi connectivity index (χ1n) is 5.54. The average Bonchev–Trinajstić information content (AvgIpc) is 2.90. The molecule has 0 spiro atoms. The number of halogens is 1. The highest BCUT2D eigenvalue weighted by Gasteiger charge is 2.23. The number of fused-ring (bicyclic) bond motifs is 1. The Morgan fingerprint density at radius 3 is 3.00 bits per heavy atom. The summed E-state index contributed by atoms with van der Waals surface area (Å²) < 4.78 is 15.6. The minimum atomic E-state index is -0.261. The van der Waals surface area contributed by atoms with Crippen LogP contribution in [0.5, 0.6) is 0 Å². The molecule has 1 aromatic carbocycles. The van der Waals surface area contributed by atoms with E-state index >= 15 is 0 Å². The van der Waals surface area contributed by atoms with E-state index in [1.807, 2.05) is 10.8 Å². The number of nitrogens with zero attached hydrogens (tertiary/aromatic N) is 2. The third kappa shape index (κ3) is 1.75. The van der Waals surface area contributed by atoms with Gasteiger partial charge < -0.3 is 4.57 Å². The molecule has 0 unspecified atom stereocenters. The third-order valence-corrected chi connectivity index (χ3v) is 3.08. The van der Waals surface area contributed by atoms with Crippen LogP contribution in [0, 0.1) is 5.82 Å². The lowest BCUT2D eigenvalue weighted by molar-refractivity contribution is 0.0994. The topological polar surface area (TPSA) is 34.9 Å². The number of hydrogen-bond donors (Lipinski definition) is 0. The Bertz CT molecular complexity index is 575. The van der Waals surface area contributed by atoms with Crippen LogP contribution in [0.25, 0.3) is 0 Å². The maximum Gasteiger partial charge on any atom is 0.163 e. The normalized spacial score (nSPS) is 14.1. The van der Waals surface area contributed by atoms with Crippen molar-refractivity contribution in [1.29, 1.82) is 0 Å². The summed E-state index contributed by atoms with van der Waals surface area (Å²) in [5.41, 5.74) is 1.93. The van der Waals surface area contributed by atoms with E-state index in [-0.39, 0.29) is 11.6 Å². The van der Waals surface area contributed by atoms with Crippen LogP contribution in [0.15, 0.2) is 30.9 Å². The molecule has 1 heterocycles. The molecule has 17 heavy (non-hydrogen) atoms. The summed E-state index contributed by atoms with van der Waals surface area (Å²) in [6, 6.07) is 3.31. The van der Waals surface area contributed by atoms with Gasteiger partial charge in [0, 0.05) is 30.9 Å². The van der Waals surface area contributed by atoms with Crippen molar-refractivity contribution in [2.75, 3.05) is 0 Å². The highest BCUT2D eigenvalue weighted by Crippen LogP contribution is 2.26. The highest BCUT2D eigenvalue weighted by atomic mass is 19.1. The van der Waals surface area contributed by atoms with Crippen LogP contribution in [-0.4, -0.2) is 15.3 Å². The summed E-state index contributed by atoms with van der Waals surface area (Å²) in [5.74, 6) is -0.213. The van der Waals surface area contributed by atoms with Gasteiger partial charge in [-0.15, -0.1) is 0 Å². The Hall–Kier alpha value is -1.97. The van der Waals surface area contributed by atoms with Gasteiger partial charge in [-0.2, -0.15) is 0 Å². The number of imidazole rings is 1. The number of carbonyl (C=O) groups is 1. The second-order valence-electron chi connectivity index (χ2n) is 4.26. The second kappa shape index (κ2) is 3.80. The molecule has 1 aromatic heterocycles. The fourth-order valence-electron chi connectivity index (χ4n) is 2.25. The smallest absolute Gasteiger partial charge is 0.163 e. The predicted molar refractivity (Wildman–Crippen MR) is 60.4 cm³/mol. The number of benzene rings is 1. The van der Waals surface area contributed by atoms with Crippen molar-refractivity contribution in [1.82, 2.24) is 9.55 Å². The van der Waals surface area contributed by atoms with Gasteiger partial charge in [0.25, 0.3) is 0 Å². The van der Waals surface area contributed by atoms with Crippen LogP contribution < -0.4 is 0 Å². The second-order valence-corrected chi connectivity index (χ2v) is 4.26. The molecule has 4 heteroatoms. The molecule has 2 aromatic rings. The van der Waals surface area contributed by atoms with Crippen LogP contribution >= 0.6 is 0 Å². The SMILES string of the molecule is O=C1CCc2c(F)cc(Cn3ccnc3)cc21. The van der Waals surface area contributed by atoms with E-state index in [1.54, 1.807) is 18.6 Å². The van der Waals surface area contributed by atoms with Crippen LogP contribution in [0.2, 0.25) is 0 Å². The van der Waals surface area contributed by atoms with Crippen LogP contribution in [0.1, 0.15) is 27.9 Å². The van der Waals surface area contributed by atoms with E-state index in [4.69, 9.17) is 0 Å². The van der Waals surface area contributed by atoms with Crippen molar-refractivity contribution < 1.29 is 9.18 Å². The minimum absolute atomic E-state index is 0.0476. The fraction of sp³-hybridized carbons (Fsp3) is 0.231. The van der Waals surface area contributed by atoms with Crippen molar-refractivity contribution in [3.05, 3.63) is 53.4 Å². The van der Waals surface area contributed by atoms with Gasteiger partial charge in [0.15, 0.2) is 5.78 Å². The molecule has 86 valence electrons. The third-order valence-electron chi connectivity index (χ3n) is 3.08. The first-order chi connectivity index (χ1) is 8.24. The predicted octanol–water partition coefficient (Wildman–Crippen LogP) is 2.20. The first-order valence-corrected chi connectivity index (χ1v) is 5.54. The zero-order valence-electron chi connectivity index (χ0n) is 9.19. The Balaban J connectivity index is 1.99. The van der Waals surface area contributed by atoms with Crippen molar-refractivity contribution in [2.45, 2.75) is 19.4 Å². The lowest BCUT2D eigenvalue weighted by Crippen LogP contribution is -2.01. The molecular formula is C13H11FN2O. The molecule has 0 saturated heterocycles. The molecular weight excluding hydrogens is 219 g/mol. The van der Waals surface area contributed by atoms with Crippen LogP contribution in [0.3, 0.4) is 0 Å². The number of aromatic nitrogens is 2. The molecule has 0 fully saturated rings. The van der Waals surface area contributed by atoms with E-state index in [0.29, 0.717) is 30.5 Å². The quantitative estimate of drug-likeness (QED) is 0.792. The van der Waals surface area contributed by atoms with Crippen LogP contribution in [-0.2, 0) is 13.0 Å². The number of ketones is 1. The van der Waals surface area contributed by atoms with Crippen LogP contribution in [0.4, 0.5) is 4.39 Å². The molecule has 0 N–H and O–H groups in total. The van der Waals surface area contributed by atoms with Gasteiger partial charge in [-0.05, 0) is 29.7 Å². The maximum atomic E-state index is 13.8. The van der Waals surface area contributed by atoms with E-state index < -0.39 is 0 Å². The highest BCUT2D eigenvalue weighted by molar-refractivity contribution is 6.00. The zero-order chi connectivity index (χ0) is 11.8. The molecule has 0 atom stereocenters. The lowest BCUT2D eigenvalue weighted by atomic mass is 10.1. The molecule has 3 nitrogen and oxygen atoms in total. The van der Waals surface area contributed by atoms with Crippen molar-refractivity contribution in [3.63, 3.8) is 0 Å². The zero-order valence-corrected chi connectivity index (χ0v) is 9.19. The van der Waals surface area contributed by atoms with E-state index in [1.165, 1.54) is 6.07 Å². The van der Waals surface area contributed by atoms with E-state index in [9.17, 15) is 9.18 Å². The summed E-state index contributed by atoms with van der Waals surface area (Å²) in [6.45, 7) is 0.539. The standard InChI is InChI=1S/C13H11FN2O/c14-12-6-9(7-16-4-3-15-8-16)5-11-10(12)1-2-13(11)17/h3-6,8H,1-2,7H2. The van der Waals surface area contributed by atoms with Gasteiger partial charge in [-0.25, -0.2) is 9.37 Å². The van der Waals surface area contributed by atoms with Crippen molar-refractivity contribution in [2.24, 2.45) is 0 Å². The van der Waals surface area contributed by atoms with Gasteiger partial charge in [0.05, 0.1) is 6.33 Å². The fourth-order valence-corrected chi connectivity index (χ4v) is 2.25. The molecule has 1 aliphatic rings. The molecule has 0 radical (unpaired) electrons. The maximum absolute atomic E-state index is 13.8. The monoisotopic (exact) mass is 230 g/mol. The molecule has 1 aliphatic carbocycles. The lowest BCUT2D eigenvalue weighted by Gasteiger charge is -2.06. The molecule has 3 rings (SSSR count). The Morgan fingerprint density at radius 2 is 2.24 bits per heavy atom. The summed E-state index contributed by atoms with van der Waals surface area (Å²) in [6.07, 6.45) is 6.13. The summed E-state index contributed by atoms with van der Waals surface area (Å²) >= 11 is 0. The van der Waals surface area contributed by atoms with E-state index in [0.717, 1.165) is 5.56 Å². The number of Topliss-reactive ketones (excluding diaryl/α,β-unsaturated/α-hetero) is 1. The molecule has 0 bridgehead atoms. The van der Waals surface area contributed by atoms with E-state index in [2.05, 4.69) is 4.98 Å². The average molecular weight is 230 g/mol. The Kier molecular flexibility index (Phi) is 2.28. The summed E-state index contributed by atoms with van der Waals surface area (Å²) in [4.78, 5) is 15.5. The Labute approximate surface area is 97.9 Å². The minimum Gasteiger partial charge on any atom is -0.333 e. The van der Waals surface area contributed by atoms with Crippen molar-refractivity contribution >= 4 is 5.78 Å². The van der Waals surface area contributed by atoms with Crippen molar-refractivity contribution in [3.8, 4) is 0 Å². The summed E-state index contributed by atoms with van der Waals surface area (Å²) in [7, 11) is 0. The van der Waals surface area contributed by atoms with Gasteiger partial charge in [0.2, 0.25) is 0 Å². The summed E-state index contributed by atoms with van der Waals surface area (Å²) in [5, 5.41) is 0. The first kappa shape index (κ1) is 10.2. The van der Waals surface area contributed by atoms with Gasteiger partial charge in [-0.3, -0.25) is 4.79 Å². The van der Waals surface area contributed by atoms with Gasteiger partial charge in [-0.1, -0.05) is 0 Å². The molecule has 0 amide bonds. The largest absolute Gasteiger partial charge is 0.333 e. The van der Waals surface area contributed by atoms with Gasteiger partial charge >= 0.3 is 0 Å². The number of rotatable bonds is 2. The Morgan fingerprint density at radius 1 is 1.35 bits per heavy atom. The molecule has 0 saturated carbocycles. The number of hydrogen-bond acceptors (Lipinski definition) is 2.